The molecular formula is C21H14BrClN2. The van der Waals surface area contributed by atoms with Crippen LogP contribution in [-0.4, -0.2) is 9.97 Å². The molecule has 2 nitrogen and oxygen atoms in total. The van der Waals surface area contributed by atoms with Crippen LogP contribution in [0.1, 0.15) is 11.3 Å². The lowest BCUT2D eigenvalue weighted by Gasteiger charge is -2.11. The van der Waals surface area contributed by atoms with E-state index in [2.05, 4.69) is 28.1 Å². The van der Waals surface area contributed by atoms with E-state index in [0.717, 1.165) is 38.9 Å². The highest BCUT2D eigenvalue weighted by Gasteiger charge is 2.12. The molecule has 0 fully saturated rings. The molecule has 4 rings (SSSR count). The summed E-state index contributed by atoms with van der Waals surface area (Å²) in [6.45, 7) is 0. The van der Waals surface area contributed by atoms with Crippen molar-refractivity contribution in [2.75, 3.05) is 0 Å². The Morgan fingerprint density at radius 1 is 0.760 bits per heavy atom. The molecule has 0 saturated carbocycles. The normalized spacial score (nSPS) is 11.0. The van der Waals surface area contributed by atoms with Crippen LogP contribution in [-0.2, 0) is 6.42 Å². The fourth-order valence-corrected chi connectivity index (χ4v) is 3.18. The summed E-state index contributed by atoms with van der Waals surface area (Å²) in [7, 11) is 0. The maximum absolute atomic E-state index is 6.04. The van der Waals surface area contributed by atoms with Gasteiger partial charge in [-0.15, -0.1) is 0 Å². The van der Waals surface area contributed by atoms with Crippen molar-refractivity contribution < 1.29 is 0 Å². The maximum atomic E-state index is 6.04. The van der Waals surface area contributed by atoms with Crippen molar-refractivity contribution in [3.8, 4) is 11.3 Å². The molecule has 3 aromatic carbocycles. The van der Waals surface area contributed by atoms with Crippen LogP contribution in [0.4, 0.5) is 0 Å². The van der Waals surface area contributed by atoms with Gasteiger partial charge >= 0.3 is 0 Å². The van der Waals surface area contributed by atoms with Gasteiger partial charge in [0.05, 0.1) is 22.4 Å². The highest BCUT2D eigenvalue weighted by molar-refractivity contribution is 9.10. The van der Waals surface area contributed by atoms with Gasteiger partial charge in [-0.2, -0.15) is 0 Å². The quantitative estimate of drug-likeness (QED) is 0.396. The smallest absolute Gasteiger partial charge is 0.0928 e. The van der Waals surface area contributed by atoms with Crippen molar-refractivity contribution in [1.29, 1.82) is 0 Å². The van der Waals surface area contributed by atoms with Crippen LogP contribution < -0.4 is 0 Å². The second-order valence-electron chi connectivity index (χ2n) is 5.82. The van der Waals surface area contributed by atoms with Gasteiger partial charge in [-0.25, -0.2) is 9.97 Å². The lowest BCUT2D eigenvalue weighted by Crippen LogP contribution is -2.00. The van der Waals surface area contributed by atoms with E-state index < -0.39 is 0 Å². The molecule has 0 amide bonds. The Morgan fingerprint density at radius 3 is 2.08 bits per heavy atom. The van der Waals surface area contributed by atoms with E-state index in [1.807, 2.05) is 60.7 Å². The number of para-hydroxylation sites is 2. The first-order valence-corrected chi connectivity index (χ1v) is 9.12. The zero-order valence-corrected chi connectivity index (χ0v) is 15.6. The number of hydrogen-bond donors (Lipinski definition) is 0. The van der Waals surface area contributed by atoms with E-state index in [-0.39, 0.29) is 0 Å². The average molecular weight is 410 g/mol. The minimum atomic E-state index is 0.715. The molecule has 1 aromatic heterocycles. The standard InChI is InChI=1S/C21H14BrClN2/c22-16-9-5-14(6-10-16)13-20-21(15-7-11-17(23)12-8-15)25-19-4-2-1-3-18(19)24-20/h1-12H,13H2. The van der Waals surface area contributed by atoms with Crippen LogP contribution in [0.15, 0.2) is 77.3 Å². The zero-order chi connectivity index (χ0) is 17.2. The van der Waals surface area contributed by atoms with Gasteiger partial charge in [0, 0.05) is 21.5 Å². The molecular weight excluding hydrogens is 396 g/mol. The summed E-state index contributed by atoms with van der Waals surface area (Å²) < 4.78 is 1.07. The van der Waals surface area contributed by atoms with Gasteiger partial charge < -0.3 is 0 Å². The molecule has 1 heterocycles. The minimum absolute atomic E-state index is 0.715. The van der Waals surface area contributed by atoms with Crippen molar-refractivity contribution in [2.45, 2.75) is 6.42 Å². The topological polar surface area (TPSA) is 25.8 Å². The van der Waals surface area contributed by atoms with E-state index in [9.17, 15) is 0 Å². The maximum Gasteiger partial charge on any atom is 0.0928 e. The fourth-order valence-electron chi connectivity index (χ4n) is 2.79. The van der Waals surface area contributed by atoms with Gasteiger partial charge in [-0.1, -0.05) is 63.9 Å². The van der Waals surface area contributed by atoms with Crippen molar-refractivity contribution in [3.63, 3.8) is 0 Å². The minimum Gasteiger partial charge on any atom is -0.249 e. The third-order valence-corrected chi connectivity index (χ3v) is 4.83. The number of hydrogen-bond acceptors (Lipinski definition) is 2. The van der Waals surface area contributed by atoms with Gasteiger partial charge in [0.15, 0.2) is 0 Å². The summed E-state index contributed by atoms with van der Waals surface area (Å²) in [6.07, 6.45) is 0.725. The molecule has 0 saturated heterocycles. The highest BCUT2D eigenvalue weighted by atomic mass is 79.9. The predicted octanol–water partition coefficient (Wildman–Crippen LogP) is 6.30. The van der Waals surface area contributed by atoms with Crippen LogP contribution in [0.25, 0.3) is 22.3 Å². The summed E-state index contributed by atoms with van der Waals surface area (Å²) in [4.78, 5) is 9.76. The van der Waals surface area contributed by atoms with Crippen LogP contribution in [0.2, 0.25) is 5.02 Å². The zero-order valence-electron chi connectivity index (χ0n) is 13.3. The summed E-state index contributed by atoms with van der Waals surface area (Å²) in [6, 6.07) is 24.0. The molecule has 0 aliphatic heterocycles. The van der Waals surface area contributed by atoms with Crippen LogP contribution >= 0.6 is 27.5 Å². The van der Waals surface area contributed by atoms with Gasteiger partial charge in [0.2, 0.25) is 0 Å². The molecule has 25 heavy (non-hydrogen) atoms. The Morgan fingerprint density at radius 2 is 1.40 bits per heavy atom. The van der Waals surface area contributed by atoms with E-state index in [1.165, 1.54) is 5.56 Å². The molecule has 0 radical (unpaired) electrons. The van der Waals surface area contributed by atoms with E-state index in [1.54, 1.807) is 0 Å². The second-order valence-corrected chi connectivity index (χ2v) is 7.17. The van der Waals surface area contributed by atoms with Crippen molar-refractivity contribution in [1.82, 2.24) is 9.97 Å². The predicted molar refractivity (Wildman–Crippen MR) is 107 cm³/mol. The molecule has 0 bridgehead atoms. The Hall–Kier alpha value is -2.23. The number of fused-ring (bicyclic) bond motifs is 1. The van der Waals surface area contributed by atoms with Gasteiger partial charge in [0.25, 0.3) is 0 Å². The number of nitrogens with zero attached hydrogens (tertiary/aromatic N) is 2. The number of rotatable bonds is 3. The molecule has 0 N–H and O–H groups in total. The molecule has 122 valence electrons. The fraction of sp³-hybridized carbons (Fsp3) is 0.0476. The Bertz CT molecular complexity index is 1030. The Kier molecular flexibility index (Phi) is 4.51. The van der Waals surface area contributed by atoms with Crippen LogP contribution in [0.3, 0.4) is 0 Å². The first-order chi connectivity index (χ1) is 12.2. The molecule has 0 spiro atoms. The SMILES string of the molecule is Clc1ccc(-c2nc3ccccc3nc2Cc2ccc(Br)cc2)cc1. The third kappa shape index (κ3) is 3.58. The first kappa shape index (κ1) is 16.2. The molecule has 4 aromatic rings. The monoisotopic (exact) mass is 408 g/mol. The summed E-state index contributed by atoms with van der Waals surface area (Å²) >= 11 is 9.52. The van der Waals surface area contributed by atoms with Gasteiger partial charge in [-0.3, -0.25) is 0 Å². The van der Waals surface area contributed by atoms with Crippen molar-refractivity contribution in [2.24, 2.45) is 0 Å². The lowest BCUT2D eigenvalue weighted by atomic mass is 10.0. The summed E-state index contributed by atoms with van der Waals surface area (Å²) in [5.74, 6) is 0. The molecule has 0 unspecified atom stereocenters. The van der Waals surface area contributed by atoms with Crippen LogP contribution in [0, 0.1) is 0 Å². The highest BCUT2D eigenvalue weighted by Crippen LogP contribution is 2.26. The molecule has 0 aliphatic carbocycles. The number of halogens is 2. The Labute approximate surface area is 159 Å². The van der Waals surface area contributed by atoms with Gasteiger partial charge in [0.1, 0.15) is 0 Å². The van der Waals surface area contributed by atoms with Crippen LogP contribution in [0.5, 0.6) is 0 Å². The summed E-state index contributed by atoms with van der Waals surface area (Å²) in [5, 5.41) is 0.715. The molecule has 4 heteroatoms. The van der Waals surface area contributed by atoms with Crippen molar-refractivity contribution in [3.05, 3.63) is 93.5 Å². The summed E-state index contributed by atoms with van der Waals surface area (Å²) in [5.41, 5.74) is 5.89. The molecule has 0 atom stereocenters. The first-order valence-electron chi connectivity index (χ1n) is 7.95. The van der Waals surface area contributed by atoms with Gasteiger partial charge in [-0.05, 0) is 42.0 Å². The van der Waals surface area contributed by atoms with E-state index in [4.69, 9.17) is 21.6 Å². The lowest BCUT2D eigenvalue weighted by molar-refractivity contribution is 1.07. The number of benzene rings is 3. The van der Waals surface area contributed by atoms with E-state index in [0.29, 0.717) is 5.02 Å². The largest absolute Gasteiger partial charge is 0.249 e. The average Bonchev–Trinajstić information content (AvgIpc) is 2.64. The molecule has 0 aliphatic rings. The second kappa shape index (κ2) is 6.95. The van der Waals surface area contributed by atoms with E-state index >= 15 is 0 Å². The number of aromatic nitrogens is 2. The third-order valence-electron chi connectivity index (χ3n) is 4.05. The van der Waals surface area contributed by atoms with Crippen molar-refractivity contribution >= 4 is 38.6 Å². The Balaban J connectivity index is 1.86.